The van der Waals surface area contributed by atoms with Crippen molar-refractivity contribution in [2.75, 3.05) is 18.6 Å². The van der Waals surface area contributed by atoms with Gasteiger partial charge in [0.05, 0.1) is 46.5 Å². The number of amides is 1. The molecule has 0 aliphatic heterocycles. The standard InChI is InChI=1S/C39H40ClN3O6/c1-4-43(27-11-6-5-7-12-27)37(45)34-35(33-29(40)15-10-16-30(33)42(2)36(34)44)49-38(46)25-19-21-39(24-41,22-20-25)26-17-18-31(47-3)32(23-26)48-28-13-8-9-14-28/h5-7,10-12,15-18,23,25,28H,4,8-9,13-14,19-22H2,1-3H3/t25-,39-. The summed E-state index contributed by atoms with van der Waals surface area (Å²) in [6.45, 7) is 2.09. The largest absolute Gasteiger partial charge is 0.493 e. The fourth-order valence-corrected chi connectivity index (χ4v) is 7.50. The summed E-state index contributed by atoms with van der Waals surface area (Å²) < 4.78 is 19.3. The Hall–Kier alpha value is -4.81. The number of pyridine rings is 1. The van der Waals surface area contributed by atoms with Crippen molar-refractivity contribution >= 4 is 40.1 Å². The minimum Gasteiger partial charge on any atom is -0.493 e. The van der Waals surface area contributed by atoms with Gasteiger partial charge in [0, 0.05) is 19.3 Å². The van der Waals surface area contributed by atoms with Crippen LogP contribution >= 0.6 is 11.6 Å². The molecule has 0 atom stereocenters. The molecule has 0 saturated heterocycles. The fraction of sp³-hybridized carbons (Fsp3) is 0.385. The molecule has 1 amide bonds. The first-order valence-corrected chi connectivity index (χ1v) is 17.2. The highest BCUT2D eigenvalue weighted by Crippen LogP contribution is 2.45. The average Bonchev–Trinajstić information content (AvgIpc) is 3.64. The van der Waals surface area contributed by atoms with Gasteiger partial charge in [0.1, 0.15) is 5.56 Å². The van der Waals surface area contributed by atoms with Crippen LogP contribution in [0.25, 0.3) is 10.9 Å². The Morgan fingerprint density at radius 1 is 1.00 bits per heavy atom. The summed E-state index contributed by atoms with van der Waals surface area (Å²) in [6, 6.07) is 22.3. The second-order valence-electron chi connectivity index (χ2n) is 12.9. The number of carbonyl (C=O) groups excluding carboxylic acids is 2. The molecule has 0 N–H and O–H groups in total. The molecule has 0 radical (unpaired) electrons. The molecular formula is C39H40ClN3O6. The molecule has 1 aromatic heterocycles. The molecular weight excluding hydrogens is 642 g/mol. The quantitative estimate of drug-likeness (QED) is 0.166. The number of ether oxygens (including phenoxy) is 3. The fourth-order valence-electron chi connectivity index (χ4n) is 7.24. The third-order valence-electron chi connectivity index (χ3n) is 10.1. The Morgan fingerprint density at radius 2 is 1.71 bits per heavy atom. The van der Waals surface area contributed by atoms with Gasteiger partial charge in [0.15, 0.2) is 17.2 Å². The van der Waals surface area contributed by atoms with E-state index in [1.54, 1.807) is 56.6 Å². The number of rotatable bonds is 9. The smallest absolute Gasteiger partial charge is 0.314 e. The lowest BCUT2D eigenvalue weighted by molar-refractivity contribution is -0.140. The number of methoxy groups -OCH3 is 1. The normalized spacial score (nSPS) is 19.3. The Kier molecular flexibility index (Phi) is 9.98. The molecule has 1 heterocycles. The van der Waals surface area contributed by atoms with E-state index in [-0.39, 0.29) is 29.0 Å². The summed E-state index contributed by atoms with van der Waals surface area (Å²) in [5.41, 5.74) is 0.171. The van der Waals surface area contributed by atoms with Crippen molar-refractivity contribution in [2.24, 2.45) is 13.0 Å². The lowest BCUT2D eigenvalue weighted by atomic mass is 9.67. The van der Waals surface area contributed by atoms with Crippen LogP contribution in [-0.4, -0.2) is 36.2 Å². The van der Waals surface area contributed by atoms with Gasteiger partial charge in [-0.2, -0.15) is 5.26 Å². The van der Waals surface area contributed by atoms with Crippen molar-refractivity contribution in [1.29, 1.82) is 5.26 Å². The number of benzene rings is 3. The van der Waals surface area contributed by atoms with Crippen LogP contribution in [0.3, 0.4) is 0 Å². The van der Waals surface area contributed by atoms with E-state index in [4.69, 9.17) is 25.8 Å². The van der Waals surface area contributed by atoms with Crippen LogP contribution < -0.4 is 24.7 Å². The van der Waals surface area contributed by atoms with Gasteiger partial charge in [-0.1, -0.05) is 41.9 Å². The Bertz CT molecular complexity index is 1970. The summed E-state index contributed by atoms with van der Waals surface area (Å²) in [5, 5.41) is 11.0. The number of carbonyl (C=O) groups is 2. The summed E-state index contributed by atoms with van der Waals surface area (Å²) in [5.74, 6) is -0.616. The lowest BCUT2D eigenvalue weighted by Gasteiger charge is -2.35. The Morgan fingerprint density at radius 3 is 2.37 bits per heavy atom. The number of fused-ring (bicyclic) bond motifs is 1. The van der Waals surface area contributed by atoms with E-state index in [0.717, 1.165) is 31.2 Å². The molecule has 4 aromatic rings. The van der Waals surface area contributed by atoms with Crippen molar-refractivity contribution in [1.82, 2.24) is 4.57 Å². The van der Waals surface area contributed by atoms with Gasteiger partial charge in [0.25, 0.3) is 11.5 Å². The summed E-state index contributed by atoms with van der Waals surface area (Å²) in [7, 11) is 3.17. The zero-order chi connectivity index (χ0) is 34.7. The predicted molar refractivity (Wildman–Crippen MR) is 189 cm³/mol. The SMILES string of the molecule is CCN(C(=O)c1c(OC(=O)[C@H]2CC[C@](C#N)(c3ccc(OC)c(OC4CCCC4)c3)CC2)c2c(Cl)cccc2n(C)c1=O)c1ccccc1. The topological polar surface area (TPSA) is 111 Å². The first-order chi connectivity index (χ1) is 23.7. The van der Waals surface area contributed by atoms with Crippen molar-refractivity contribution in [3.8, 4) is 23.3 Å². The van der Waals surface area contributed by atoms with Gasteiger partial charge in [-0.3, -0.25) is 14.4 Å². The van der Waals surface area contributed by atoms with E-state index in [1.807, 2.05) is 31.2 Å². The third-order valence-corrected chi connectivity index (χ3v) is 10.4. The number of anilines is 1. The maximum atomic E-state index is 14.2. The molecule has 0 spiro atoms. The minimum atomic E-state index is -0.825. The van der Waals surface area contributed by atoms with E-state index in [9.17, 15) is 19.6 Å². The van der Waals surface area contributed by atoms with E-state index in [2.05, 4.69) is 6.07 Å². The van der Waals surface area contributed by atoms with Crippen LogP contribution in [0.5, 0.6) is 17.2 Å². The van der Waals surface area contributed by atoms with E-state index >= 15 is 0 Å². The van der Waals surface area contributed by atoms with Crippen LogP contribution in [0.15, 0.2) is 71.5 Å². The molecule has 3 aromatic carbocycles. The second kappa shape index (κ2) is 14.4. The van der Waals surface area contributed by atoms with Crippen LogP contribution in [0, 0.1) is 17.2 Å². The number of aromatic nitrogens is 1. The highest BCUT2D eigenvalue weighted by atomic mass is 35.5. The minimum absolute atomic E-state index is 0.126. The number of para-hydroxylation sites is 1. The van der Waals surface area contributed by atoms with Crippen molar-refractivity contribution < 1.29 is 23.8 Å². The van der Waals surface area contributed by atoms with E-state index < -0.39 is 28.8 Å². The highest BCUT2D eigenvalue weighted by Gasteiger charge is 2.41. The van der Waals surface area contributed by atoms with Gasteiger partial charge in [-0.15, -0.1) is 0 Å². The summed E-state index contributed by atoms with van der Waals surface area (Å²) in [6.07, 6.45) is 5.96. The van der Waals surface area contributed by atoms with Crippen LogP contribution in [0.1, 0.15) is 74.2 Å². The molecule has 254 valence electrons. The van der Waals surface area contributed by atoms with E-state index in [1.165, 1.54) is 9.47 Å². The number of esters is 1. The summed E-state index contributed by atoms with van der Waals surface area (Å²) in [4.78, 5) is 43.4. The average molecular weight is 682 g/mol. The highest BCUT2D eigenvalue weighted by molar-refractivity contribution is 6.36. The molecule has 2 aliphatic carbocycles. The molecule has 10 heteroatoms. The first kappa shape index (κ1) is 34.1. The zero-order valence-corrected chi connectivity index (χ0v) is 28.8. The maximum absolute atomic E-state index is 14.2. The Labute approximate surface area is 290 Å². The molecule has 0 bridgehead atoms. The summed E-state index contributed by atoms with van der Waals surface area (Å²) >= 11 is 6.69. The maximum Gasteiger partial charge on any atom is 0.314 e. The number of halogens is 1. The molecule has 9 nitrogen and oxygen atoms in total. The molecule has 49 heavy (non-hydrogen) atoms. The second-order valence-corrected chi connectivity index (χ2v) is 13.3. The Balaban J connectivity index is 1.30. The van der Waals surface area contributed by atoms with Crippen molar-refractivity contribution in [2.45, 2.75) is 69.8 Å². The lowest BCUT2D eigenvalue weighted by Crippen LogP contribution is -2.38. The monoisotopic (exact) mass is 681 g/mol. The number of aryl methyl sites for hydroxylation is 1. The van der Waals surface area contributed by atoms with Gasteiger partial charge >= 0.3 is 5.97 Å². The van der Waals surface area contributed by atoms with Gasteiger partial charge < -0.3 is 23.7 Å². The van der Waals surface area contributed by atoms with Gasteiger partial charge in [-0.25, -0.2) is 0 Å². The number of hydrogen-bond donors (Lipinski definition) is 0. The van der Waals surface area contributed by atoms with Crippen LogP contribution in [-0.2, 0) is 17.3 Å². The van der Waals surface area contributed by atoms with Crippen molar-refractivity contribution in [3.63, 3.8) is 0 Å². The number of nitrogens with zero attached hydrogens (tertiary/aromatic N) is 3. The van der Waals surface area contributed by atoms with Crippen LogP contribution in [0.4, 0.5) is 5.69 Å². The molecule has 2 aliphatic rings. The van der Waals surface area contributed by atoms with Gasteiger partial charge in [0.2, 0.25) is 0 Å². The molecule has 6 rings (SSSR count). The zero-order valence-electron chi connectivity index (χ0n) is 28.0. The molecule has 0 unspecified atom stereocenters. The number of nitriles is 1. The number of hydrogen-bond acceptors (Lipinski definition) is 7. The van der Waals surface area contributed by atoms with Gasteiger partial charge in [-0.05, 0) is 100 Å². The molecule has 2 saturated carbocycles. The predicted octanol–water partition coefficient (Wildman–Crippen LogP) is 7.75. The van der Waals surface area contributed by atoms with Crippen LogP contribution in [0.2, 0.25) is 5.02 Å². The first-order valence-electron chi connectivity index (χ1n) is 16.9. The van der Waals surface area contributed by atoms with E-state index in [0.29, 0.717) is 53.8 Å². The third kappa shape index (κ3) is 6.50. The van der Waals surface area contributed by atoms with Crippen molar-refractivity contribution in [3.05, 3.63) is 93.2 Å². The molecule has 2 fully saturated rings.